The molecule has 110 heavy (non-hydrogen) atoms. The van der Waals surface area contributed by atoms with Gasteiger partial charge in [0.05, 0.1) is 27.8 Å². The second kappa shape index (κ2) is 25.8. The maximum absolute atomic E-state index is 5.03. The summed E-state index contributed by atoms with van der Waals surface area (Å²) >= 11 is 3.65. The zero-order valence-corrected chi connectivity index (χ0v) is 60.7. The quantitative estimate of drug-likeness (QED) is 0.143. The highest BCUT2D eigenvalue weighted by atomic mass is 32.1. The molecule has 23 rings (SSSR count). The van der Waals surface area contributed by atoms with Crippen LogP contribution >= 0.6 is 22.7 Å². The first-order chi connectivity index (χ1) is 54.5. The van der Waals surface area contributed by atoms with Gasteiger partial charge in [-0.2, -0.15) is 0 Å². The van der Waals surface area contributed by atoms with E-state index < -0.39 is 0 Å². The topological polar surface area (TPSA) is 87.2 Å². The first-order valence-electron chi connectivity index (χ1n) is 37.0. The van der Waals surface area contributed by atoms with Crippen LogP contribution in [0, 0.1) is 0 Å². The number of para-hydroxylation sites is 2. The molecule has 0 radical (unpaired) electrons. The number of hydrogen-bond acceptors (Lipinski definition) is 8. The lowest BCUT2D eigenvalue weighted by Gasteiger charge is -2.13. The Morgan fingerprint density at radius 3 is 1.02 bits per heavy atom. The molecule has 0 amide bonds. The molecule has 0 saturated carbocycles. The van der Waals surface area contributed by atoms with Crippen molar-refractivity contribution in [3.05, 3.63) is 364 Å². The minimum Gasteiger partial charge on any atom is -0.309 e. The average Bonchev–Trinajstić information content (AvgIpc) is 1.56. The fraction of sp³-hybridized carbons (Fsp3) is 0. The molecule has 0 aliphatic rings. The second-order valence-electron chi connectivity index (χ2n) is 28.0. The molecule has 17 aromatic carbocycles. The van der Waals surface area contributed by atoms with E-state index in [0.717, 1.165) is 39.1 Å². The number of rotatable bonds is 9. The zero-order chi connectivity index (χ0) is 72.3. The maximum atomic E-state index is 5.03. The Hall–Kier alpha value is -14.2. The summed E-state index contributed by atoms with van der Waals surface area (Å²) in [5.41, 5.74) is 15.4. The first-order valence-corrected chi connectivity index (χ1v) is 38.6. The Labute approximate surface area is 639 Å². The highest BCUT2D eigenvalue weighted by molar-refractivity contribution is 7.26. The van der Waals surface area contributed by atoms with Gasteiger partial charge in [0.2, 0.25) is 0 Å². The van der Waals surface area contributed by atoms with Crippen molar-refractivity contribution in [3.8, 4) is 90.8 Å². The number of thiophene rings is 2. The molecule has 0 atom stereocenters. The Kier molecular flexibility index (Phi) is 14.8. The number of benzene rings is 17. The predicted molar refractivity (Wildman–Crippen MR) is 462 cm³/mol. The van der Waals surface area contributed by atoms with Crippen LogP contribution in [0.15, 0.2) is 364 Å². The Morgan fingerprint density at radius 1 is 0.191 bits per heavy atom. The van der Waals surface area contributed by atoms with E-state index in [-0.39, 0.29) is 0 Å². The molecule has 512 valence electrons. The lowest BCUT2D eigenvalue weighted by Crippen LogP contribution is -1.99. The summed E-state index contributed by atoms with van der Waals surface area (Å²) in [6, 6.07) is 130. The molecule has 6 heterocycles. The van der Waals surface area contributed by atoms with Crippen molar-refractivity contribution in [3.63, 3.8) is 0 Å². The summed E-state index contributed by atoms with van der Waals surface area (Å²) in [4.78, 5) is 29.9. The van der Waals surface area contributed by atoms with E-state index in [1.54, 1.807) is 0 Å². The van der Waals surface area contributed by atoms with Crippen LogP contribution in [0.1, 0.15) is 0 Å². The van der Waals surface area contributed by atoms with Gasteiger partial charge < -0.3 is 9.13 Å². The van der Waals surface area contributed by atoms with Crippen LogP contribution in [0.4, 0.5) is 0 Å². The van der Waals surface area contributed by atoms with E-state index in [0.29, 0.717) is 34.9 Å². The van der Waals surface area contributed by atoms with Crippen molar-refractivity contribution in [1.29, 1.82) is 0 Å². The second-order valence-corrected chi connectivity index (χ2v) is 30.2. The molecular formula is C100H60N8S2. The monoisotopic (exact) mass is 1440 g/mol. The summed E-state index contributed by atoms with van der Waals surface area (Å²) in [7, 11) is 0. The molecule has 0 aliphatic heterocycles. The lowest BCUT2D eigenvalue weighted by atomic mass is 9.94. The van der Waals surface area contributed by atoms with Crippen molar-refractivity contribution in [1.82, 2.24) is 39.0 Å². The van der Waals surface area contributed by atoms with Crippen molar-refractivity contribution in [2.45, 2.75) is 0 Å². The first kappa shape index (κ1) is 63.1. The summed E-state index contributed by atoms with van der Waals surface area (Å²) in [6.07, 6.45) is 0. The molecule has 23 aromatic rings. The Bertz CT molecular complexity index is 7540. The predicted octanol–water partition coefficient (Wildman–Crippen LogP) is 27.0. The summed E-state index contributed by atoms with van der Waals surface area (Å²) in [6.45, 7) is 0. The van der Waals surface area contributed by atoms with E-state index >= 15 is 0 Å². The molecule has 0 aliphatic carbocycles. The fourth-order valence-corrected chi connectivity index (χ4v) is 18.9. The van der Waals surface area contributed by atoms with Gasteiger partial charge >= 0.3 is 0 Å². The minimum atomic E-state index is 0.660. The summed E-state index contributed by atoms with van der Waals surface area (Å²) in [5.74, 6) is 3.97. The van der Waals surface area contributed by atoms with Crippen LogP contribution in [0.2, 0.25) is 0 Å². The molecule has 10 heteroatoms. The van der Waals surface area contributed by atoms with Gasteiger partial charge in [0.1, 0.15) is 0 Å². The Balaban J connectivity index is 0.000000136. The number of nitrogens with zero attached hydrogens (tertiary/aromatic N) is 8. The number of hydrogen-bond donors (Lipinski definition) is 0. The molecule has 0 spiro atoms. The maximum Gasteiger partial charge on any atom is 0.164 e. The van der Waals surface area contributed by atoms with Crippen LogP contribution in [0.5, 0.6) is 0 Å². The van der Waals surface area contributed by atoms with Gasteiger partial charge in [-0.3, -0.25) is 0 Å². The van der Waals surface area contributed by atoms with Crippen LogP contribution in [-0.4, -0.2) is 39.0 Å². The van der Waals surface area contributed by atoms with E-state index in [2.05, 4.69) is 252 Å². The highest BCUT2D eigenvalue weighted by Gasteiger charge is 2.23. The van der Waals surface area contributed by atoms with Crippen molar-refractivity contribution in [2.24, 2.45) is 0 Å². The molecule has 6 aromatic heterocycles. The van der Waals surface area contributed by atoms with Gasteiger partial charge in [0, 0.05) is 106 Å². The third-order valence-electron chi connectivity index (χ3n) is 21.6. The van der Waals surface area contributed by atoms with Crippen LogP contribution < -0.4 is 0 Å². The largest absolute Gasteiger partial charge is 0.309 e. The zero-order valence-electron chi connectivity index (χ0n) is 59.0. The molecule has 0 fully saturated rings. The third-order valence-corrected chi connectivity index (χ3v) is 23.8. The fourth-order valence-electron chi connectivity index (χ4n) is 16.5. The molecule has 0 N–H and O–H groups in total. The van der Waals surface area contributed by atoms with Gasteiger partial charge in [-0.25, -0.2) is 29.9 Å². The standard InChI is InChI=1S/C53H32N4S.C47H28N4S/c1-3-14-33(15-4-1)51-54-52(34-16-5-2-6-17-34)56-53(55-51)38-26-27-43-48(31-38)58-49-32-44(40-22-9-10-24-42(40)50(43)49)37-20-13-21-39(28-37)57-46-25-12-11-23-41(46)45-29-35-18-7-8-19-36(35)30-47(45)57;1-3-13-29(14-4-1)45-48-46(30-15-5-2-6-16-30)50-47(49-45)33-23-24-37-42(27-33)52-43-28-41(34-19-9-10-21-36(34)44(37)43)51-39-22-12-11-20-35(39)38-25-31-17-7-8-18-32(31)26-40(38)51/h1-32H;1-28H. The van der Waals surface area contributed by atoms with E-state index in [1.165, 1.54) is 144 Å². The molecule has 0 bridgehead atoms. The normalized spacial score (nSPS) is 11.8. The van der Waals surface area contributed by atoms with Crippen LogP contribution in [-0.2, 0) is 0 Å². The third kappa shape index (κ3) is 10.6. The van der Waals surface area contributed by atoms with E-state index in [4.69, 9.17) is 29.9 Å². The van der Waals surface area contributed by atoms with Gasteiger partial charge in [-0.1, -0.05) is 291 Å². The Morgan fingerprint density at radius 2 is 0.545 bits per heavy atom. The molecule has 8 nitrogen and oxygen atoms in total. The van der Waals surface area contributed by atoms with Gasteiger partial charge in [-0.15, -0.1) is 22.7 Å². The SMILES string of the molecule is c1ccc(-c2nc(-c3ccccc3)nc(-c3ccc4c(c3)sc3cc(-c5cccc(-n6c7ccccc7c7cc8ccccc8cc76)c5)c5ccccc5c34)n2)cc1.c1ccc(-c2nc(-c3ccccc3)nc(-c3ccc4c(c3)sc3cc(-n5c6ccccc6c6cc7ccccc7cc65)c5ccccc5c34)n2)cc1. The van der Waals surface area contributed by atoms with Crippen molar-refractivity contribution >= 4 is 150 Å². The minimum absolute atomic E-state index is 0.660. The lowest BCUT2D eigenvalue weighted by molar-refractivity contribution is 1.07. The summed E-state index contributed by atoms with van der Waals surface area (Å²) < 4.78 is 9.79. The highest BCUT2D eigenvalue weighted by Crippen LogP contribution is 2.48. The van der Waals surface area contributed by atoms with E-state index in [9.17, 15) is 0 Å². The van der Waals surface area contributed by atoms with Crippen LogP contribution in [0.25, 0.3) is 218 Å². The van der Waals surface area contributed by atoms with Gasteiger partial charge in [0.15, 0.2) is 34.9 Å². The van der Waals surface area contributed by atoms with Gasteiger partial charge in [0.25, 0.3) is 0 Å². The smallest absolute Gasteiger partial charge is 0.164 e. The molecular weight excluding hydrogens is 1380 g/mol. The summed E-state index contributed by atoms with van der Waals surface area (Å²) in [5, 5.41) is 20.0. The molecule has 0 unspecified atom stereocenters. The average molecular weight is 1440 g/mol. The van der Waals surface area contributed by atoms with E-state index in [1.807, 2.05) is 144 Å². The van der Waals surface area contributed by atoms with Crippen molar-refractivity contribution < 1.29 is 0 Å². The number of fused-ring (bicyclic) bond motifs is 18. The van der Waals surface area contributed by atoms with Crippen molar-refractivity contribution in [2.75, 3.05) is 0 Å². The van der Waals surface area contributed by atoms with Gasteiger partial charge in [-0.05, 0) is 122 Å². The molecule has 0 saturated heterocycles. The number of aromatic nitrogens is 8. The van der Waals surface area contributed by atoms with Crippen LogP contribution in [0.3, 0.4) is 0 Å².